The van der Waals surface area contributed by atoms with Crippen LogP contribution in [-0.2, 0) is 13.2 Å². The molecule has 0 fully saturated rings. The summed E-state index contributed by atoms with van der Waals surface area (Å²) in [5.41, 5.74) is 1.81. The first-order valence-corrected chi connectivity index (χ1v) is 6.26. The summed E-state index contributed by atoms with van der Waals surface area (Å²) in [5.74, 6) is -0.0664. The lowest BCUT2D eigenvalue weighted by molar-refractivity contribution is 0.301. The first kappa shape index (κ1) is 14.0. The van der Waals surface area contributed by atoms with Gasteiger partial charge >= 0.3 is 0 Å². The minimum absolute atomic E-state index is 0.273. The van der Waals surface area contributed by atoms with Gasteiger partial charge in [-0.15, -0.1) is 0 Å². The molecule has 1 heterocycles. The zero-order chi connectivity index (χ0) is 14.5. The van der Waals surface area contributed by atoms with Crippen LogP contribution in [0.1, 0.15) is 25.0 Å². The predicted octanol–water partition coefficient (Wildman–Crippen LogP) is 2.82. The minimum atomic E-state index is -0.404. The Morgan fingerprint density at radius 3 is 2.95 bits per heavy atom. The van der Waals surface area contributed by atoms with Gasteiger partial charge < -0.3 is 9.94 Å². The number of oxime groups is 1. The quantitative estimate of drug-likeness (QED) is 0.519. The Labute approximate surface area is 116 Å². The van der Waals surface area contributed by atoms with E-state index >= 15 is 0 Å². The molecule has 0 amide bonds. The SMILES string of the molecule is CCn1cc(COc2cc(F)ccc2C(C)=NO)cn1. The maximum absolute atomic E-state index is 13.3. The number of hydrogen-bond donors (Lipinski definition) is 1. The van der Waals surface area contributed by atoms with Gasteiger partial charge in [0.25, 0.3) is 0 Å². The molecule has 1 aromatic heterocycles. The number of hydrogen-bond acceptors (Lipinski definition) is 4. The maximum Gasteiger partial charge on any atom is 0.131 e. The van der Waals surface area contributed by atoms with E-state index in [1.54, 1.807) is 17.8 Å². The Kier molecular flexibility index (Phi) is 4.34. The van der Waals surface area contributed by atoms with Crippen LogP contribution in [0.5, 0.6) is 5.75 Å². The van der Waals surface area contributed by atoms with Crippen LogP contribution in [0.15, 0.2) is 35.7 Å². The molecule has 5 nitrogen and oxygen atoms in total. The van der Waals surface area contributed by atoms with E-state index in [0.717, 1.165) is 12.1 Å². The molecule has 0 bridgehead atoms. The minimum Gasteiger partial charge on any atom is -0.488 e. The van der Waals surface area contributed by atoms with Gasteiger partial charge in [0, 0.05) is 29.9 Å². The second-order valence-electron chi connectivity index (χ2n) is 4.32. The molecule has 0 aliphatic heterocycles. The first-order valence-electron chi connectivity index (χ1n) is 6.26. The molecule has 20 heavy (non-hydrogen) atoms. The summed E-state index contributed by atoms with van der Waals surface area (Å²) in [6, 6.07) is 4.09. The summed E-state index contributed by atoms with van der Waals surface area (Å²) < 4.78 is 20.7. The van der Waals surface area contributed by atoms with E-state index in [0.29, 0.717) is 17.0 Å². The molecule has 1 N–H and O–H groups in total. The van der Waals surface area contributed by atoms with E-state index in [2.05, 4.69) is 10.3 Å². The van der Waals surface area contributed by atoms with Gasteiger partial charge in [-0.2, -0.15) is 5.10 Å². The molecular formula is C14H16FN3O2. The van der Waals surface area contributed by atoms with Gasteiger partial charge in [-0.05, 0) is 26.0 Å². The van der Waals surface area contributed by atoms with Gasteiger partial charge in [-0.25, -0.2) is 4.39 Å². The summed E-state index contributed by atoms with van der Waals surface area (Å²) in [5, 5.41) is 16.1. The second-order valence-corrected chi connectivity index (χ2v) is 4.32. The highest BCUT2D eigenvalue weighted by molar-refractivity contribution is 6.00. The zero-order valence-electron chi connectivity index (χ0n) is 11.4. The number of ether oxygens (including phenoxy) is 1. The maximum atomic E-state index is 13.3. The molecular weight excluding hydrogens is 261 g/mol. The molecule has 0 unspecified atom stereocenters. The lowest BCUT2D eigenvalue weighted by Crippen LogP contribution is -2.03. The highest BCUT2D eigenvalue weighted by atomic mass is 19.1. The van der Waals surface area contributed by atoms with Crippen molar-refractivity contribution < 1.29 is 14.3 Å². The molecule has 2 aromatic rings. The van der Waals surface area contributed by atoms with E-state index in [1.165, 1.54) is 18.2 Å². The highest BCUT2D eigenvalue weighted by Gasteiger charge is 2.10. The van der Waals surface area contributed by atoms with Gasteiger partial charge in [0.05, 0.1) is 11.9 Å². The lowest BCUT2D eigenvalue weighted by atomic mass is 10.1. The molecule has 0 aliphatic carbocycles. The third-order valence-electron chi connectivity index (χ3n) is 2.89. The van der Waals surface area contributed by atoms with Crippen molar-refractivity contribution in [3.63, 3.8) is 0 Å². The number of nitrogens with zero attached hydrogens (tertiary/aromatic N) is 3. The Morgan fingerprint density at radius 1 is 1.50 bits per heavy atom. The van der Waals surface area contributed by atoms with Crippen molar-refractivity contribution in [3.8, 4) is 5.75 Å². The molecule has 2 rings (SSSR count). The average molecular weight is 277 g/mol. The lowest BCUT2D eigenvalue weighted by Gasteiger charge is -2.10. The largest absolute Gasteiger partial charge is 0.488 e. The topological polar surface area (TPSA) is 59.6 Å². The normalized spacial score (nSPS) is 11.7. The van der Waals surface area contributed by atoms with E-state index < -0.39 is 5.82 Å². The van der Waals surface area contributed by atoms with Crippen molar-refractivity contribution in [1.29, 1.82) is 0 Å². The third kappa shape index (κ3) is 3.14. The fourth-order valence-electron chi connectivity index (χ4n) is 1.78. The van der Waals surface area contributed by atoms with E-state index in [9.17, 15) is 4.39 Å². The highest BCUT2D eigenvalue weighted by Crippen LogP contribution is 2.22. The number of rotatable bonds is 5. The summed E-state index contributed by atoms with van der Waals surface area (Å²) >= 11 is 0. The molecule has 0 radical (unpaired) electrons. The average Bonchev–Trinajstić information content (AvgIpc) is 2.92. The summed E-state index contributed by atoms with van der Waals surface area (Å²) in [4.78, 5) is 0. The van der Waals surface area contributed by atoms with Crippen LogP contribution in [0.2, 0.25) is 0 Å². The molecule has 0 saturated carbocycles. The summed E-state index contributed by atoms with van der Waals surface area (Å²) in [6.07, 6.45) is 3.57. The van der Waals surface area contributed by atoms with E-state index in [4.69, 9.17) is 9.94 Å². The van der Waals surface area contributed by atoms with Gasteiger partial charge in [0.15, 0.2) is 0 Å². The molecule has 0 spiro atoms. The standard InChI is InChI=1S/C14H16FN3O2/c1-3-18-8-11(7-16-18)9-20-14-6-12(15)4-5-13(14)10(2)17-19/h4-8,19H,3,9H2,1-2H3. The fraction of sp³-hybridized carbons (Fsp3) is 0.286. The molecule has 106 valence electrons. The van der Waals surface area contributed by atoms with Crippen molar-refractivity contribution in [2.45, 2.75) is 27.0 Å². The Morgan fingerprint density at radius 2 is 2.30 bits per heavy atom. The van der Waals surface area contributed by atoms with E-state index in [1.807, 2.05) is 13.1 Å². The number of halogens is 1. The van der Waals surface area contributed by atoms with Crippen LogP contribution in [0.25, 0.3) is 0 Å². The summed E-state index contributed by atoms with van der Waals surface area (Å²) in [6.45, 7) is 4.66. The van der Waals surface area contributed by atoms with Crippen molar-refractivity contribution in [2.75, 3.05) is 0 Å². The van der Waals surface area contributed by atoms with Gasteiger partial charge in [0.1, 0.15) is 18.2 Å². The zero-order valence-corrected chi connectivity index (χ0v) is 11.4. The van der Waals surface area contributed by atoms with Gasteiger partial charge in [0.2, 0.25) is 0 Å². The van der Waals surface area contributed by atoms with Crippen molar-refractivity contribution in [3.05, 3.63) is 47.5 Å². The summed E-state index contributed by atoms with van der Waals surface area (Å²) in [7, 11) is 0. The molecule has 6 heteroatoms. The Bertz CT molecular complexity index is 623. The molecule has 0 aliphatic rings. The van der Waals surface area contributed by atoms with Gasteiger partial charge in [-0.3, -0.25) is 4.68 Å². The molecule has 1 aromatic carbocycles. The second kappa shape index (κ2) is 6.18. The smallest absolute Gasteiger partial charge is 0.131 e. The van der Waals surface area contributed by atoms with Crippen LogP contribution in [-0.4, -0.2) is 20.7 Å². The Hall–Kier alpha value is -2.37. The van der Waals surface area contributed by atoms with Crippen LogP contribution in [0.4, 0.5) is 4.39 Å². The van der Waals surface area contributed by atoms with Crippen molar-refractivity contribution in [2.24, 2.45) is 5.16 Å². The predicted molar refractivity (Wildman–Crippen MR) is 72.6 cm³/mol. The van der Waals surface area contributed by atoms with E-state index in [-0.39, 0.29) is 6.61 Å². The molecule has 0 atom stereocenters. The fourth-order valence-corrected chi connectivity index (χ4v) is 1.78. The molecule has 0 saturated heterocycles. The van der Waals surface area contributed by atoms with Crippen LogP contribution < -0.4 is 4.74 Å². The van der Waals surface area contributed by atoms with Crippen molar-refractivity contribution >= 4 is 5.71 Å². The first-order chi connectivity index (χ1) is 9.63. The number of benzene rings is 1. The number of aromatic nitrogens is 2. The van der Waals surface area contributed by atoms with Crippen molar-refractivity contribution in [1.82, 2.24) is 9.78 Å². The monoisotopic (exact) mass is 277 g/mol. The Balaban J connectivity index is 2.17. The van der Waals surface area contributed by atoms with Crippen LogP contribution in [0.3, 0.4) is 0 Å². The van der Waals surface area contributed by atoms with Gasteiger partial charge in [-0.1, -0.05) is 5.16 Å². The number of aryl methyl sites for hydroxylation is 1. The third-order valence-corrected chi connectivity index (χ3v) is 2.89. The van der Waals surface area contributed by atoms with Crippen LogP contribution in [0, 0.1) is 5.82 Å². The van der Waals surface area contributed by atoms with Crippen LogP contribution >= 0.6 is 0 Å².